The second-order valence-corrected chi connectivity index (χ2v) is 8.64. The number of rotatable bonds is 4. The largest absolute Gasteiger partial charge is 0.324 e. The van der Waals surface area contributed by atoms with Crippen LogP contribution in [-0.2, 0) is 0 Å². The lowest BCUT2D eigenvalue weighted by molar-refractivity contribution is 0.457. The second kappa shape index (κ2) is 5.12. The minimum atomic E-state index is 0.147. The molecule has 0 bridgehead atoms. The van der Waals surface area contributed by atoms with Gasteiger partial charge < -0.3 is 5.73 Å². The van der Waals surface area contributed by atoms with Gasteiger partial charge in [-0.25, -0.2) is 0 Å². The summed E-state index contributed by atoms with van der Waals surface area (Å²) in [6.45, 7) is 18.5. The lowest BCUT2D eigenvalue weighted by atomic mass is 9.86. The Kier molecular flexibility index (Phi) is 4.04. The molecule has 118 valence electrons. The highest BCUT2D eigenvalue weighted by Gasteiger charge is 2.66. The van der Waals surface area contributed by atoms with Gasteiger partial charge in [0.2, 0.25) is 0 Å². The van der Waals surface area contributed by atoms with Crippen molar-refractivity contribution in [2.75, 3.05) is 0 Å². The summed E-state index contributed by atoms with van der Waals surface area (Å²) in [4.78, 5) is 0. The van der Waals surface area contributed by atoms with Crippen LogP contribution in [0, 0.1) is 16.7 Å². The van der Waals surface area contributed by atoms with Gasteiger partial charge in [-0.2, -0.15) is 0 Å². The maximum atomic E-state index is 6.72. The van der Waals surface area contributed by atoms with Gasteiger partial charge in [-0.3, -0.25) is 0 Å². The van der Waals surface area contributed by atoms with Crippen molar-refractivity contribution in [1.82, 2.24) is 0 Å². The van der Waals surface area contributed by atoms with Crippen molar-refractivity contribution in [2.45, 2.75) is 73.3 Å². The van der Waals surface area contributed by atoms with Crippen molar-refractivity contribution in [3.05, 3.63) is 34.9 Å². The first kappa shape index (κ1) is 16.5. The van der Waals surface area contributed by atoms with Crippen molar-refractivity contribution < 1.29 is 0 Å². The first-order chi connectivity index (χ1) is 9.51. The molecule has 1 heteroatoms. The van der Waals surface area contributed by atoms with Crippen molar-refractivity contribution >= 4 is 0 Å². The standard InChI is InChI=1S/C20H33N/c1-12(2)14-9-10-15(16(11-14)13(3)4)17(21)18-19(5,6)20(18,7)8/h9-13,17-18H,21H2,1-8H3. The average Bonchev–Trinajstić information content (AvgIpc) is 2.78. The van der Waals surface area contributed by atoms with E-state index >= 15 is 0 Å². The smallest absolute Gasteiger partial charge is 0.0337 e. The quantitative estimate of drug-likeness (QED) is 0.764. The Hall–Kier alpha value is -0.820. The number of benzene rings is 1. The zero-order valence-corrected chi connectivity index (χ0v) is 15.1. The Balaban J connectivity index is 2.41. The summed E-state index contributed by atoms with van der Waals surface area (Å²) in [7, 11) is 0. The van der Waals surface area contributed by atoms with Crippen LogP contribution in [0.5, 0.6) is 0 Å². The van der Waals surface area contributed by atoms with Crippen LogP contribution in [0.25, 0.3) is 0 Å². The molecule has 0 aliphatic heterocycles. The van der Waals surface area contributed by atoms with Crippen LogP contribution >= 0.6 is 0 Å². The molecular formula is C20H33N. The third-order valence-electron chi connectivity index (χ3n) is 6.25. The maximum absolute atomic E-state index is 6.72. The summed E-state index contributed by atoms with van der Waals surface area (Å²) in [6.07, 6.45) is 0. The molecule has 0 spiro atoms. The molecule has 2 N–H and O–H groups in total. The number of hydrogen-bond acceptors (Lipinski definition) is 1. The van der Waals surface area contributed by atoms with Gasteiger partial charge in [0.25, 0.3) is 0 Å². The van der Waals surface area contributed by atoms with Crippen LogP contribution in [0.3, 0.4) is 0 Å². The molecule has 1 fully saturated rings. The van der Waals surface area contributed by atoms with Gasteiger partial charge in [0.1, 0.15) is 0 Å². The van der Waals surface area contributed by atoms with E-state index in [0.717, 1.165) is 0 Å². The average molecular weight is 287 g/mol. The molecule has 21 heavy (non-hydrogen) atoms. The Morgan fingerprint density at radius 3 is 1.76 bits per heavy atom. The first-order valence-corrected chi connectivity index (χ1v) is 8.41. The maximum Gasteiger partial charge on any atom is 0.0337 e. The summed E-state index contributed by atoms with van der Waals surface area (Å²) in [5.74, 6) is 1.66. The Labute approximate surface area is 131 Å². The Morgan fingerprint density at radius 1 is 0.857 bits per heavy atom. The van der Waals surface area contributed by atoms with E-state index in [1.165, 1.54) is 16.7 Å². The predicted octanol–water partition coefficient (Wildman–Crippen LogP) is 5.62. The summed E-state index contributed by atoms with van der Waals surface area (Å²) < 4.78 is 0. The highest BCUT2D eigenvalue weighted by atomic mass is 14.8. The zero-order chi connectivity index (χ0) is 16.2. The van der Waals surface area contributed by atoms with Gasteiger partial charge in [-0.15, -0.1) is 0 Å². The molecule has 0 radical (unpaired) electrons. The zero-order valence-electron chi connectivity index (χ0n) is 15.1. The highest BCUT2D eigenvalue weighted by Crippen LogP contribution is 2.72. The minimum Gasteiger partial charge on any atom is -0.324 e. The van der Waals surface area contributed by atoms with Gasteiger partial charge in [0, 0.05) is 6.04 Å². The lowest BCUT2D eigenvalue weighted by Crippen LogP contribution is -2.19. The molecular weight excluding hydrogens is 254 g/mol. The molecule has 1 aromatic rings. The van der Waals surface area contributed by atoms with Gasteiger partial charge >= 0.3 is 0 Å². The van der Waals surface area contributed by atoms with Gasteiger partial charge in [0.15, 0.2) is 0 Å². The van der Waals surface area contributed by atoms with E-state index in [9.17, 15) is 0 Å². The molecule has 0 aromatic heterocycles. The summed E-state index contributed by atoms with van der Waals surface area (Å²) in [6, 6.07) is 7.09. The fourth-order valence-corrected chi connectivity index (χ4v) is 4.08. The van der Waals surface area contributed by atoms with Crippen molar-refractivity contribution in [3.63, 3.8) is 0 Å². The molecule has 0 heterocycles. The SMILES string of the molecule is CC(C)c1ccc(C(N)C2C(C)(C)C2(C)C)c(C(C)C)c1. The van der Waals surface area contributed by atoms with E-state index in [4.69, 9.17) is 5.73 Å². The van der Waals surface area contributed by atoms with E-state index in [0.29, 0.717) is 28.6 Å². The Bertz CT molecular complexity index is 509. The molecule has 1 unspecified atom stereocenters. The monoisotopic (exact) mass is 287 g/mol. The molecule has 2 rings (SSSR count). The molecule has 1 aliphatic rings. The molecule has 1 aromatic carbocycles. The predicted molar refractivity (Wildman–Crippen MR) is 92.6 cm³/mol. The van der Waals surface area contributed by atoms with E-state index < -0.39 is 0 Å². The topological polar surface area (TPSA) is 26.0 Å². The normalized spacial score (nSPS) is 21.9. The van der Waals surface area contributed by atoms with Gasteiger partial charge in [0.05, 0.1) is 0 Å². The van der Waals surface area contributed by atoms with Gasteiger partial charge in [-0.1, -0.05) is 73.6 Å². The minimum absolute atomic E-state index is 0.147. The fraction of sp³-hybridized carbons (Fsp3) is 0.700. The second-order valence-electron chi connectivity index (χ2n) is 8.64. The summed E-state index contributed by atoms with van der Waals surface area (Å²) in [5.41, 5.74) is 11.6. The van der Waals surface area contributed by atoms with Crippen LogP contribution in [-0.4, -0.2) is 0 Å². The van der Waals surface area contributed by atoms with Gasteiger partial charge in [-0.05, 0) is 45.3 Å². The first-order valence-electron chi connectivity index (χ1n) is 8.41. The lowest BCUT2D eigenvalue weighted by Gasteiger charge is -2.22. The molecule has 0 saturated heterocycles. The van der Waals surface area contributed by atoms with E-state index in [-0.39, 0.29) is 6.04 Å². The number of nitrogens with two attached hydrogens (primary N) is 1. The van der Waals surface area contributed by atoms with Crippen LogP contribution in [0.15, 0.2) is 18.2 Å². The Morgan fingerprint density at radius 2 is 1.38 bits per heavy atom. The van der Waals surface area contributed by atoms with Crippen LogP contribution in [0.2, 0.25) is 0 Å². The van der Waals surface area contributed by atoms with E-state index in [2.05, 4.69) is 73.6 Å². The summed E-state index contributed by atoms with van der Waals surface area (Å²) >= 11 is 0. The summed E-state index contributed by atoms with van der Waals surface area (Å²) in [5, 5.41) is 0. The van der Waals surface area contributed by atoms with Crippen LogP contribution < -0.4 is 5.73 Å². The fourth-order valence-electron chi connectivity index (χ4n) is 4.08. The third kappa shape index (κ3) is 2.54. The number of hydrogen-bond donors (Lipinski definition) is 1. The van der Waals surface area contributed by atoms with Crippen LogP contribution in [0.4, 0.5) is 0 Å². The van der Waals surface area contributed by atoms with Crippen molar-refractivity contribution in [1.29, 1.82) is 0 Å². The molecule has 1 atom stereocenters. The third-order valence-corrected chi connectivity index (χ3v) is 6.25. The van der Waals surface area contributed by atoms with Crippen LogP contribution in [0.1, 0.15) is 90.0 Å². The van der Waals surface area contributed by atoms with Crippen molar-refractivity contribution in [2.24, 2.45) is 22.5 Å². The van der Waals surface area contributed by atoms with E-state index in [1.807, 2.05) is 0 Å². The molecule has 1 nitrogen and oxygen atoms in total. The highest BCUT2D eigenvalue weighted by molar-refractivity contribution is 5.39. The molecule has 0 amide bonds. The molecule has 1 saturated carbocycles. The van der Waals surface area contributed by atoms with Crippen molar-refractivity contribution in [3.8, 4) is 0 Å². The molecule has 1 aliphatic carbocycles. The van der Waals surface area contributed by atoms with E-state index in [1.54, 1.807) is 0 Å².